The van der Waals surface area contributed by atoms with Gasteiger partial charge in [-0.15, -0.1) is 0 Å². The molecule has 3 heterocycles. The molecule has 0 aliphatic carbocycles. The lowest BCUT2D eigenvalue weighted by Crippen LogP contribution is -2.42. The van der Waals surface area contributed by atoms with Gasteiger partial charge in [-0.3, -0.25) is 0 Å². The SMILES string of the molecule is Cc1ccccc1C1(C)Nc2cc(F)ccc2C=C1[C@@H](C)Nc1ncnc2nc[nH]c12. The van der Waals surface area contributed by atoms with E-state index in [-0.39, 0.29) is 11.9 Å². The van der Waals surface area contributed by atoms with Crippen LogP contribution in [0, 0.1) is 12.7 Å². The number of nitrogens with one attached hydrogen (secondary N) is 3. The second kappa shape index (κ2) is 7.19. The molecule has 156 valence electrons. The topological polar surface area (TPSA) is 78.5 Å². The zero-order valence-corrected chi connectivity index (χ0v) is 17.6. The van der Waals surface area contributed by atoms with Crippen LogP contribution in [0.25, 0.3) is 17.2 Å². The van der Waals surface area contributed by atoms with Crippen LogP contribution in [-0.4, -0.2) is 26.0 Å². The zero-order chi connectivity index (χ0) is 21.6. The Morgan fingerprint density at radius 1 is 1.10 bits per heavy atom. The Balaban J connectivity index is 1.62. The average molecular weight is 414 g/mol. The summed E-state index contributed by atoms with van der Waals surface area (Å²) < 4.78 is 14.0. The Morgan fingerprint density at radius 2 is 1.94 bits per heavy atom. The van der Waals surface area contributed by atoms with Crippen LogP contribution in [0.5, 0.6) is 0 Å². The fourth-order valence-corrected chi connectivity index (χ4v) is 4.49. The van der Waals surface area contributed by atoms with Crippen molar-refractivity contribution in [3.63, 3.8) is 0 Å². The maximum absolute atomic E-state index is 14.0. The van der Waals surface area contributed by atoms with Gasteiger partial charge in [0.05, 0.1) is 11.9 Å². The lowest BCUT2D eigenvalue weighted by atomic mass is 9.76. The van der Waals surface area contributed by atoms with E-state index in [1.165, 1.54) is 12.4 Å². The molecule has 6 nitrogen and oxygen atoms in total. The molecule has 0 fully saturated rings. The molecule has 0 spiro atoms. The number of halogens is 1. The summed E-state index contributed by atoms with van der Waals surface area (Å²) in [6.07, 6.45) is 5.25. The highest BCUT2D eigenvalue weighted by molar-refractivity contribution is 5.83. The summed E-state index contributed by atoms with van der Waals surface area (Å²) in [6.45, 7) is 6.33. The van der Waals surface area contributed by atoms with Crippen molar-refractivity contribution in [3.05, 3.63) is 83.2 Å². The molecule has 31 heavy (non-hydrogen) atoms. The van der Waals surface area contributed by atoms with E-state index in [4.69, 9.17) is 0 Å². The molecule has 0 saturated carbocycles. The maximum Gasteiger partial charge on any atom is 0.182 e. The van der Waals surface area contributed by atoms with Crippen molar-refractivity contribution >= 4 is 28.7 Å². The standard InChI is InChI=1S/C24H23FN6/c1-14-6-4-5-7-18(14)24(3)19(10-16-8-9-17(25)11-20(16)31-24)15(2)30-23-21-22(27-12-26-21)28-13-29-23/h4-13,15,31H,1-3H3,(H2,26,27,28,29,30)/t15-,24?/m1/s1. The first-order valence-electron chi connectivity index (χ1n) is 10.2. The number of nitrogens with zero attached hydrogens (tertiary/aromatic N) is 3. The molecule has 2 aromatic heterocycles. The monoisotopic (exact) mass is 414 g/mol. The van der Waals surface area contributed by atoms with Gasteiger partial charge in [0.2, 0.25) is 0 Å². The predicted octanol–water partition coefficient (Wildman–Crippen LogP) is 5.03. The van der Waals surface area contributed by atoms with Gasteiger partial charge in [0, 0.05) is 11.7 Å². The van der Waals surface area contributed by atoms with E-state index in [1.54, 1.807) is 18.5 Å². The molecule has 7 heteroatoms. The minimum atomic E-state index is -0.543. The largest absolute Gasteiger partial charge is 0.371 e. The van der Waals surface area contributed by atoms with Gasteiger partial charge < -0.3 is 15.6 Å². The highest BCUT2D eigenvalue weighted by Crippen LogP contribution is 2.43. The Morgan fingerprint density at radius 3 is 2.77 bits per heavy atom. The number of hydrogen-bond acceptors (Lipinski definition) is 5. The Kier molecular flexibility index (Phi) is 4.46. The van der Waals surface area contributed by atoms with Crippen LogP contribution < -0.4 is 10.6 Å². The first-order valence-corrected chi connectivity index (χ1v) is 10.2. The summed E-state index contributed by atoms with van der Waals surface area (Å²) in [7, 11) is 0. The van der Waals surface area contributed by atoms with E-state index in [9.17, 15) is 4.39 Å². The molecule has 0 bridgehead atoms. The van der Waals surface area contributed by atoms with Crippen molar-refractivity contribution in [2.24, 2.45) is 0 Å². The number of H-pyrrole nitrogens is 1. The van der Waals surface area contributed by atoms with Crippen LogP contribution in [0.3, 0.4) is 0 Å². The second-order valence-electron chi connectivity index (χ2n) is 8.09. The molecule has 2 atom stereocenters. The molecule has 1 unspecified atom stereocenters. The number of aromatic amines is 1. The summed E-state index contributed by atoms with van der Waals surface area (Å²) in [5.41, 5.74) is 5.98. The molecule has 2 aromatic carbocycles. The number of benzene rings is 2. The predicted molar refractivity (Wildman–Crippen MR) is 121 cm³/mol. The smallest absolute Gasteiger partial charge is 0.182 e. The van der Waals surface area contributed by atoms with E-state index in [2.05, 4.69) is 69.5 Å². The number of imidazole rings is 1. The molecule has 0 radical (unpaired) electrons. The molecule has 1 aliphatic heterocycles. The quantitative estimate of drug-likeness (QED) is 0.437. The molecule has 0 amide bonds. The van der Waals surface area contributed by atoms with Crippen molar-refractivity contribution in [2.75, 3.05) is 10.6 Å². The highest BCUT2D eigenvalue weighted by Gasteiger charge is 2.38. The number of rotatable bonds is 4. The normalized spacial score (nSPS) is 18.8. The van der Waals surface area contributed by atoms with Gasteiger partial charge in [-0.1, -0.05) is 24.3 Å². The van der Waals surface area contributed by atoms with Crippen molar-refractivity contribution in [3.8, 4) is 0 Å². The summed E-state index contributed by atoms with van der Waals surface area (Å²) in [5, 5.41) is 7.14. The van der Waals surface area contributed by atoms with Crippen LogP contribution in [0.15, 0.2) is 60.7 Å². The molecule has 1 aliphatic rings. The Labute approximate surface area is 179 Å². The Bertz CT molecular complexity index is 1310. The fourth-order valence-electron chi connectivity index (χ4n) is 4.49. The first kappa shape index (κ1) is 19.2. The number of anilines is 2. The van der Waals surface area contributed by atoms with E-state index in [1.807, 2.05) is 12.1 Å². The molecule has 3 N–H and O–H groups in total. The highest BCUT2D eigenvalue weighted by atomic mass is 19.1. The lowest BCUT2D eigenvalue weighted by Gasteiger charge is -2.42. The first-order chi connectivity index (χ1) is 15.0. The van der Waals surface area contributed by atoms with Crippen molar-refractivity contribution in [1.29, 1.82) is 0 Å². The minimum absolute atomic E-state index is 0.0864. The van der Waals surface area contributed by atoms with Gasteiger partial charge in [0.15, 0.2) is 11.5 Å². The van der Waals surface area contributed by atoms with Crippen LogP contribution >= 0.6 is 0 Å². The van der Waals surface area contributed by atoms with Gasteiger partial charge in [0.1, 0.15) is 17.7 Å². The van der Waals surface area contributed by atoms with Gasteiger partial charge >= 0.3 is 0 Å². The molecule has 0 saturated heterocycles. The summed E-state index contributed by atoms with van der Waals surface area (Å²) in [6, 6.07) is 13.0. The van der Waals surface area contributed by atoms with Crippen LogP contribution in [-0.2, 0) is 5.54 Å². The van der Waals surface area contributed by atoms with Gasteiger partial charge in [-0.2, -0.15) is 0 Å². The number of aromatic nitrogens is 4. The van der Waals surface area contributed by atoms with Crippen molar-refractivity contribution < 1.29 is 4.39 Å². The molecule has 5 rings (SSSR count). The molecular formula is C24H23FN6. The maximum atomic E-state index is 14.0. The molecule has 4 aromatic rings. The summed E-state index contributed by atoms with van der Waals surface area (Å²) in [5.74, 6) is 0.428. The van der Waals surface area contributed by atoms with Gasteiger partial charge in [-0.05, 0) is 67.3 Å². The third-order valence-electron chi connectivity index (χ3n) is 6.01. The summed E-state index contributed by atoms with van der Waals surface area (Å²) >= 11 is 0. The molecular weight excluding hydrogens is 391 g/mol. The van der Waals surface area contributed by atoms with Crippen LogP contribution in [0.2, 0.25) is 0 Å². The van der Waals surface area contributed by atoms with E-state index >= 15 is 0 Å². The van der Waals surface area contributed by atoms with Crippen molar-refractivity contribution in [1.82, 2.24) is 19.9 Å². The van der Waals surface area contributed by atoms with Crippen LogP contribution in [0.4, 0.5) is 15.9 Å². The van der Waals surface area contributed by atoms with Crippen LogP contribution in [0.1, 0.15) is 30.5 Å². The van der Waals surface area contributed by atoms with E-state index in [0.717, 1.165) is 33.5 Å². The average Bonchev–Trinajstić information content (AvgIpc) is 3.23. The van der Waals surface area contributed by atoms with Gasteiger partial charge in [-0.25, -0.2) is 19.3 Å². The van der Waals surface area contributed by atoms with Crippen molar-refractivity contribution in [2.45, 2.75) is 32.4 Å². The third kappa shape index (κ3) is 3.22. The lowest BCUT2D eigenvalue weighted by molar-refractivity contribution is 0.590. The van der Waals surface area contributed by atoms with E-state index in [0.29, 0.717) is 11.5 Å². The summed E-state index contributed by atoms with van der Waals surface area (Å²) in [4.78, 5) is 15.9. The Hall–Kier alpha value is -3.74. The second-order valence-corrected chi connectivity index (χ2v) is 8.09. The third-order valence-corrected chi connectivity index (χ3v) is 6.01. The number of aryl methyl sites for hydroxylation is 1. The number of hydrogen-bond donors (Lipinski definition) is 3. The van der Waals surface area contributed by atoms with Gasteiger partial charge in [0.25, 0.3) is 0 Å². The minimum Gasteiger partial charge on any atom is -0.371 e. The fraction of sp³-hybridized carbons (Fsp3) is 0.208. The zero-order valence-electron chi connectivity index (χ0n) is 17.6. The van der Waals surface area contributed by atoms with E-state index < -0.39 is 5.54 Å². The number of fused-ring (bicyclic) bond motifs is 2.